The summed E-state index contributed by atoms with van der Waals surface area (Å²) in [6.45, 7) is 1.70. The van der Waals surface area contributed by atoms with Gasteiger partial charge in [0, 0.05) is 20.0 Å². The van der Waals surface area contributed by atoms with Crippen LogP contribution in [0.3, 0.4) is 0 Å². The lowest BCUT2D eigenvalue weighted by Crippen LogP contribution is -2.33. The van der Waals surface area contributed by atoms with E-state index in [9.17, 15) is 13.6 Å². The van der Waals surface area contributed by atoms with E-state index in [4.69, 9.17) is 9.84 Å². The van der Waals surface area contributed by atoms with Crippen LogP contribution in [-0.4, -0.2) is 30.2 Å². The number of carboxylic acid groups (broad SMARTS) is 1. The van der Waals surface area contributed by atoms with E-state index in [1.54, 1.807) is 6.92 Å². The van der Waals surface area contributed by atoms with Gasteiger partial charge < -0.3 is 9.84 Å². The van der Waals surface area contributed by atoms with Crippen molar-refractivity contribution in [3.05, 3.63) is 0 Å². The summed E-state index contributed by atoms with van der Waals surface area (Å²) in [6.07, 6.45) is -1.04. The molecule has 1 saturated carbocycles. The highest BCUT2D eigenvalue weighted by molar-refractivity contribution is 5.75. The number of hydrogen-bond donors (Lipinski definition) is 1. The van der Waals surface area contributed by atoms with Crippen molar-refractivity contribution in [2.45, 2.75) is 44.6 Å². The molecule has 15 heavy (non-hydrogen) atoms. The number of rotatable bonds is 4. The van der Waals surface area contributed by atoms with Crippen molar-refractivity contribution in [1.29, 1.82) is 0 Å². The third-order valence-electron chi connectivity index (χ3n) is 3.10. The maximum atomic E-state index is 13.0. The van der Waals surface area contributed by atoms with Crippen molar-refractivity contribution >= 4 is 5.97 Å². The second-order valence-electron chi connectivity index (χ2n) is 4.37. The Balaban J connectivity index is 2.78. The van der Waals surface area contributed by atoms with Gasteiger partial charge in [-0.05, 0) is 19.8 Å². The molecular weight excluding hydrogens is 206 g/mol. The van der Waals surface area contributed by atoms with Crippen molar-refractivity contribution in [3.8, 4) is 0 Å². The van der Waals surface area contributed by atoms with Crippen LogP contribution in [0.25, 0.3) is 0 Å². The molecule has 3 nitrogen and oxygen atoms in total. The molecule has 0 aromatic rings. The van der Waals surface area contributed by atoms with Crippen LogP contribution in [0.5, 0.6) is 0 Å². The predicted octanol–water partition coefficient (Wildman–Crippen LogP) is 2.30. The summed E-state index contributed by atoms with van der Waals surface area (Å²) in [4.78, 5) is 11.1. The SMILES string of the molecule is COC(C)CC1(C(=O)O)CCC(F)(F)C1. The van der Waals surface area contributed by atoms with Crippen LogP contribution in [0.4, 0.5) is 8.78 Å². The van der Waals surface area contributed by atoms with Crippen LogP contribution in [-0.2, 0) is 9.53 Å². The number of hydrogen-bond acceptors (Lipinski definition) is 2. The van der Waals surface area contributed by atoms with E-state index in [-0.39, 0.29) is 25.4 Å². The smallest absolute Gasteiger partial charge is 0.309 e. The molecule has 0 aliphatic heterocycles. The van der Waals surface area contributed by atoms with Crippen LogP contribution in [0, 0.1) is 5.41 Å². The fourth-order valence-electron chi connectivity index (χ4n) is 2.17. The van der Waals surface area contributed by atoms with Gasteiger partial charge in [-0.25, -0.2) is 8.78 Å². The zero-order valence-corrected chi connectivity index (χ0v) is 8.93. The standard InChI is InChI=1S/C10H16F2O3/c1-7(15-2)5-9(8(13)14)3-4-10(11,12)6-9/h7H,3-6H2,1-2H3,(H,13,14). The summed E-state index contributed by atoms with van der Waals surface area (Å²) in [5, 5.41) is 9.05. The maximum Gasteiger partial charge on any atom is 0.309 e. The predicted molar refractivity (Wildman–Crippen MR) is 50.0 cm³/mol. The Hall–Kier alpha value is -0.710. The van der Waals surface area contributed by atoms with E-state index >= 15 is 0 Å². The average molecular weight is 222 g/mol. The van der Waals surface area contributed by atoms with E-state index in [1.807, 2.05) is 0 Å². The lowest BCUT2D eigenvalue weighted by molar-refractivity contribution is -0.152. The summed E-state index contributed by atoms with van der Waals surface area (Å²) in [5.41, 5.74) is -1.31. The molecule has 1 aliphatic rings. The Bertz CT molecular complexity index is 255. The van der Waals surface area contributed by atoms with Crippen molar-refractivity contribution in [2.75, 3.05) is 7.11 Å². The number of carbonyl (C=O) groups is 1. The molecule has 1 fully saturated rings. The number of ether oxygens (including phenoxy) is 1. The molecular formula is C10H16F2O3. The Kier molecular flexibility index (Phi) is 3.33. The average Bonchev–Trinajstić information content (AvgIpc) is 2.43. The summed E-state index contributed by atoms with van der Waals surface area (Å²) >= 11 is 0. The van der Waals surface area contributed by atoms with Crippen LogP contribution < -0.4 is 0 Å². The van der Waals surface area contributed by atoms with Crippen molar-refractivity contribution in [3.63, 3.8) is 0 Å². The lowest BCUT2D eigenvalue weighted by Gasteiger charge is -2.26. The van der Waals surface area contributed by atoms with Crippen molar-refractivity contribution in [1.82, 2.24) is 0 Å². The first-order valence-corrected chi connectivity index (χ1v) is 4.95. The zero-order valence-electron chi connectivity index (χ0n) is 8.93. The molecule has 0 amide bonds. The quantitative estimate of drug-likeness (QED) is 0.793. The number of halogens is 2. The molecule has 1 rings (SSSR count). The van der Waals surface area contributed by atoms with Gasteiger partial charge in [-0.15, -0.1) is 0 Å². The fourth-order valence-corrected chi connectivity index (χ4v) is 2.17. The topological polar surface area (TPSA) is 46.5 Å². The minimum absolute atomic E-state index is 0.0308. The molecule has 2 unspecified atom stereocenters. The first-order valence-electron chi connectivity index (χ1n) is 4.95. The maximum absolute atomic E-state index is 13.0. The number of aliphatic carboxylic acids is 1. The van der Waals surface area contributed by atoms with Gasteiger partial charge in [-0.3, -0.25) is 4.79 Å². The van der Waals surface area contributed by atoms with Gasteiger partial charge in [0.2, 0.25) is 5.92 Å². The molecule has 5 heteroatoms. The molecule has 88 valence electrons. The third-order valence-corrected chi connectivity index (χ3v) is 3.10. The van der Waals surface area contributed by atoms with Gasteiger partial charge in [0.25, 0.3) is 0 Å². The normalized spacial score (nSPS) is 31.5. The highest BCUT2D eigenvalue weighted by Gasteiger charge is 2.54. The largest absolute Gasteiger partial charge is 0.481 e. The van der Waals surface area contributed by atoms with E-state index in [1.165, 1.54) is 7.11 Å². The van der Waals surface area contributed by atoms with E-state index in [0.29, 0.717) is 0 Å². The first kappa shape index (κ1) is 12.4. The highest BCUT2D eigenvalue weighted by Crippen LogP contribution is 2.50. The summed E-state index contributed by atoms with van der Waals surface area (Å²) < 4.78 is 31.0. The zero-order chi connectivity index (χ0) is 11.7. The van der Waals surface area contributed by atoms with E-state index in [2.05, 4.69) is 0 Å². The van der Waals surface area contributed by atoms with Gasteiger partial charge in [-0.2, -0.15) is 0 Å². The van der Waals surface area contributed by atoms with Gasteiger partial charge in [0.05, 0.1) is 11.5 Å². The molecule has 0 saturated heterocycles. The molecule has 0 heterocycles. The molecule has 2 atom stereocenters. The molecule has 0 bridgehead atoms. The van der Waals surface area contributed by atoms with Gasteiger partial charge in [0.1, 0.15) is 0 Å². The minimum Gasteiger partial charge on any atom is -0.481 e. The Morgan fingerprint density at radius 3 is 2.47 bits per heavy atom. The number of methoxy groups -OCH3 is 1. The van der Waals surface area contributed by atoms with Crippen LogP contribution in [0.15, 0.2) is 0 Å². The molecule has 0 spiro atoms. The monoisotopic (exact) mass is 222 g/mol. The highest BCUT2D eigenvalue weighted by atomic mass is 19.3. The Morgan fingerprint density at radius 1 is 1.53 bits per heavy atom. The second kappa shape index (κ2) is 4.04. The summed E-state index contributed by atoms with van der Waals surface area (Å²) in [6, 6.07) is 0. The summed E-state index contributed by atoms with van der Waals surface area (Å²) in [5.74, 6) is -3.98. The van der Waals surface area contributed by atoms with E-state index in [0.717, 1.165) is 0 Å². The summed E-state index contributed by atoms with van der Waals surface area (Å²) in [7, 11) is 1.45. The van der Waals surface area contributed by atoms with Crippen LogP contribution in [0.2, 0.25) is 0 Å². The molecule has 1 aliphatic carbocycles. The molecule has 0 radical (unpaired) electrons. The number of carboxylic acids is 1. The number of alkyl halides is 2. The van der Waals surface area contributed by atoms with Crippen LogP contribution in [0.1, 0.15) is 32.6 Å². The third kappa shape index (κ3) is 2.65. The van der Waals surface area contributed by atoms with Crippen molar-refractivity contribution in [2.24, 2.45) is 5.41 Å². The lowest BCUT2D eigenvalue weighted by atomic mass is 9.81. The second-order valence-corrected chi connectivity index (χ2v) is 4.37. The van der Waals surface area contributed by atoms with Gasteiger partial charge in [-0.1, -0.05) is 0 Å². The Labute approximate surface area is 87.4 Å². The molecule has 1 N–H and O–H groups in total. The van der Waals surface area contributed by atoms with Gasteiger partial charge >= 0.3 is 5.97 Å². The fraction of sp³-hybridized carbons (Fsp3) is 0.900. The Morgan fingerprint density at radius 2 is 2.13 bits per heavy atom. The van der Waals surface area contributed by atoms with E-state index < -0.39 is 23.7 Å². The molecule has 0 aromatic carbocycles. The molecule has 0 aromatic heterocycles. The minimum atomic E-state index is -2.84. The van der Waals surface area contributed by atoms with Crippen molar-refractivity contribution < 1.29 is 23.4 Å². The first-order chi connectivity index (χ1) is 6.81. The van der Waals surface area contributed by atoms with Gasteiger partial charge in [0.15, 0.2) is 0 Å². The van der Waals surface area contributed by atoms with Crippen LogP contribution >= 0.6 is 0 Å².